The van der Waals surface area contributed by atoms with Crippen molar-refractivity contribution in [2.45, 2.75) is 0 Å². The summed E-state index contributed by atoms with van der Waals surface area (Å²) in [4.78, 5) is 0. The summed E-state index contributed by atoms with van der Waals surface area (Å²) in [6.07, 6.45) is 0. The summed E-state index contributed by atoms with van der Waals surface area (Å²) in [7, 11) is 0. The van der Waals surface area contributed by atoms with E-state index in [1.54, 1.807) is 12.1 Å². The first-order valence-electron chi connectivity index (χ1n) is 2.35. The maximum Gasteiger partial charge on any atom is 0.106 e. The fourth-order valence-corrected chi connectivity index (χ4v) is 0.788. The Labute approximate surface area is 63.4 Å². The smallest absolute Gasteiger partial charge is 0.106 e. The van der Waals surface area contributed by atoms with Gasteiger partial charge in [-0.25, -0.2) is 0 Å². The zero-order valence-electron chi connectivity index (χ0n) is 4.44. The average Bonchev–Trinajstić information content (AvgIpc) is 1.83. The molecule has 0 unspecified atom stereocenters. The van der Waals surface area contributed by atoms with E-state index in [0.29, 0.717) is 5.02 Å². The van der Waals surface area contributed by atoms with Gasteiger partial charge in [0.1, 0.15) is 5.69 Å². The third-order valence-electron chi connectivity index (χ3n) is 0.931. The highest BCUT2D eigenvalue weighted by Gasteiger charge is 1.99. The number of nitrogens with zero attached hydrogens (tertiary/aromatic N) is 1. The van der Waals surface area contributed by atoms with Gasteiger partial charge in [0.2, 0.25) is 0 Å². The summed E-state index contributed by atoms with van der Waals surface area (Å²) in [5.74, 6) is 0. The molecule has 0 spiro atoms. The second-order valence-corrected chi connectivity index (χ2v) is 2.36. The molecule has 0 saturated heterocycles. The van der Waals surface area contributed by atoms with Gasteiger partial charge in [-0.05, 0) is 12.1 Å². The Morgan fingerprint density at radius 3 is 2.33 bits per heavy atom. The van der Waals surface area contributed by atoms with Crippen LogP contribution in [0.2, 0.25) is 10.0 Å². The van der Waals surface area contributed by atoms with Crippen molar-refractivity contribution < 1.29 is 0 Å². The number of rotatable bonds is 0. The minimum Gasteiger partial charge on any atom is -0.149 e. The SMILES string of the molecule is [N]c1cccc(Cl)c1Cl. The third-order valence-corrected chi connectivity index (χ3v) is 1.74. The van der Waals surface area contributed by atoms with Crippen LogP contribution in [0, 0.1) is 0 Å². The van der Waals surface area contributed by atoms with Crippen molar-refractivity contribution in [3.8, 4) is 0 Å². The molecule has 0 heterocycles. The lowest BCUT2D eigenvalue weighted by Crippen LogP contribution is -1.71. The number of halogens is 2. The van der Waals surface area contributed by atoms with Gasteiger partial charge >= 0.3 is 0 Å². The predicted molar refractivity (Wildman–Crippen MR) is 38.3 cm³/mol. The van der Waals surface area contributed by atoms with Crippen molar-refractivity contribution in [3.63, 3.8) is 0 Å². The van der Waals surface area contributed by atoms with Crippen LogP contribution in [0.15, 0.2) is 18.2 Å². The average molecular weight is 160 g/mol. The molecule has 0 aliphatic carbocycles. The first kappa shape index (κ1) is 6.72. The highest BCUT2D eigenvalue weighted by Crippen LogP contribution is 2.27. The first-order valence-corrected chi connectivity index (χ1v) is 3.10. The monoisotopic (exact) mass is 159 g/mol. The normalized spacial score (nSPS) is 9.56. The molecule has 2 radical (unpaired) electrons. The highest BCUT2D eigenvalue weighted by atomic mass is 35.5. The first-order chi connectivity index (χ1) is 4.22. The molecule has 0 N–H and O–H groups in total. The van der Waals surface area contributed by atoms with E-state index in [1.807, 2.05) is 0 Å². The molecule has 1 nitrogen and oxygen atoms in total. The van der Waals surface area contributed by atoms with Gasteiger partial charge in [0.15, 0.2) is 0 Å². The van der Waals surface area contributed by atoms with Crippen LogP contribution < -0.4 is 5.73 Å². The molecule has 0 bridgehead atoms. The molecule has 0 aromatic heterocycles. The van der Waals surface area contributed by atoms with E-state index in [4.69, 9.17) is 28.9 Å². The van der Waals surface area contributed by atoms with Crippen molar-refractivity contribution in [3.05, 3.63) is 28.2 Å². The van der Waals surface area contributed by atoms with Gasteiger partial charge < -0.3 is 0 Å². The Balaban J connectivity index is 3.25. The van der Waals surface area contributed by atoms with Crippen LogP contribution in [0.25, 0.3) is 0 Å². The fourth-order valence-electron chi connectivity index (χ4n) is 0.492. The second-order valence-electron chi connectivity index (χ2n) is 1.57. The Morgan fingerprint density at radius 1 is 1.22 bits per heavy atom. The summed E-state index contributed by atoms with van der Waals surface area (Å²) in [6.45, 7) is 0. The molecular formula is C6H3Cl2N. The molecule has 1 rings (SSSR count). The van der Waals surface area contributed by atoms with Crippen molar-refractivity contribution in [1.29, 1.82) is 0 Å². The summed E-state index contributed by atoms with van der Waals surface area (Å²) < 4.78 is 0. The zero-order chi connectivity index (χ0) is 6.85. The van der Waals surface area contributed by atoms with Gasteiger partial charge in [-0.2, -0.15) is 0 Å². The van der Waals surface area contributed by atoms with Gasteiger partial charge in [0.25, 0.3) is 0 Å². The van der Waals surface area contributed by atoms with Crippen LogP contribution in [0.5, 0.6) is 0 Å². The summed E-state index contributed by atoms with van der Waals surface area (Å²) >= 11 is 11.0. The van der Waals surface area contributed by atoms with E-state index in [2.05, 4.69) is 0 Å². The largest absolute Gasteiger partial charge is 0.149 e. The molecule has 0 amide bonds. The molecule has 3 heteroatoms. The second kappa shape index (κ2) is 2.46. The van der Waals surface area contributed by atoms with Crippen LogP contribution in [-0.2, 0) is 0 Å². The van der Waals surface area contributed by atoms with Crippen molar-refractivity contribution in [2.24, 2.45) is 0 Å². The minimum atomic E-state index is 0.0177. The summed E-state index contributed by atoms with van der Waals surface area (Å²) in [6, 6.07) is 4.72. The maximum absolute atomic E-state index is 8.88. The van der Waals surface area contributed by atoms with Gasteiger partial charge in [0.05, 0.1) is 10.0 Å². The summed E-state index contributed by atoms with van der Waals surface area (Å²) in [5, 5.41) is 0.579. The molecule has 9 heavy (non-hydrogen) atoms. The predicted octanol–water partition coefficient (Wildman–Crippen LogP) is 2.69. The lowest BCUT2D eigenvalue weighted by molar-refractivity contribution is 1.48. The number of benzene rings is 1. The molecule has 46 valence electrons. The highest BCUT2D eigenvalue weighted by molar-refractivity contribution is 6.43. The van der Waals surface area contributed by atoms with Crippen molar-refractivity contribution >= 4 is 28.9 Å². The van der Waals surface area contributed by atoms with Crippen LogP contribution in [0.3, 0.4) is 0 Å². The van der Waals surface area contributed by atoms with Crippen molar-refractivity contribution in [2.75, 3.05) is 0 Å². The lowest BCUT2D eigenvalue weighted by atomic mass is 10.3. The summed E-state index contributed by atoms with van der Waals surface area (Å²) in [5.41, 5.74) is 8.90. The molecule has 0 atom stereocenters. The molecule has 1 aromatic rings. The van der Waals surface area contributed by atoms with Crippen molar-refractivity contribution in [1.82, 2.24) is 5.73 Å². The molecule has 0 fully saturated rings. The van der Waals surface area contributed by atoms with E-state index in [0.717, 1.165) is 0 Å². The van der Waals surface area contributed by atoms with Gasteiger partial charge in [-0.15, -0.1) is 5.73 Å². The Morgan fingerprint density at radius 2 is 1.89 bits per heavy atom. The number of hydrogen-bond acceptors (Lipinski definition) is 0. The topological polar surface area (TPSA) is 22.3 Å². The van der Waals surface area contributed by atoms with Gasteiger partial charge in [-0.1, -0.05) is 29.3 Å². The Bertz CT molecular complexity index is 202. The quantitative estimate of drug-likeness (QED) is 0.556. The standard InChI is InChI=1S/C6H3Cl2N/c7-4-2-1-3-5(9)6(4)8/h1-3H. The molecule has 0 saturated carbocycles. The van der Waals surface area contributed by atoms with Crippen LogP contribution in [0.4, 0.5) is 5.69 Å². The van der Waals surface area contributed by atoms with Gasteiger partial charge in [0, 0.05) is 0 Å². The van der Waals surface area contributed by atoms with E-state index in [-0.39, 0.29) is 10.7 Å². The molecular weight excluding hydrogens is 157 g/mol. The molecule has 0 aliphatic heterocycles. The van der Waals surface area contributed by atoms with E-state index in [1.165, 1.54) is 6.07 Å². The van der Waals surface area contributed by atoms with E-state index < -0.39 is 0 Å². The minimum absolute atomic E-state index is 0.0177. The lowest BCUT2D eigenvalue weighted by Gasteiger charge is -1.93. The number of hydrogen-bond donors (Lipinski definition) is 0. The van der Waals surface area contributed by atoms with E-state index >= 15 is 0 Å². The molecule has 1 aromatic carbocycles. The van der Waals surface area contributed by atoms with Crippen LogP contribution in [-0.4, -0.2) is 0 Å². The Kier molecular flexibility index (Phi) is 1.84. The van der Waals surface area contributed by atoms with Crippen LogP contribution >= 0.6 is 23.2 Å². The Hall–Kier alpha value is -0.400. The molecule has 0 aliphatic rings. The van der Waals surface area contributed by atoms with Crippen LogP contribution in [0.1, 0.15) is 0 Å². The third kappa shape index (κ3) is 1.29. The van der Waals surface area contributed by atoms with Gasteiger partial charge in [-0.3, -0.25) is 0 Å². The fraction of sp³-hybridized carbons (Fsp3) is 0. The zero-order valence-corrected chi connectivity index (χ0v) is 5.95. The maximum atomic E-state index is 8.88. The van der Waals surface area contributed by atoms with E-state index in [9.17, 15) is 0 Å².